The summed E-state index contributed by atoms with van der Waals surface area (Å²) in [5.41, 5.74) is 0. The summed E-state index contributed by atoms with van der Waals surface area (Å²) in [7, 11) is -0.393. The fourth-order valence-corrected chi connectivity index (χ4v) is 2.77. The van der Waals surface area contributed by atoms with Crippen LogP contribution in [0.4, 0.5) is 0 Å². The third-order valence-corrected chi connectivity index (χ3v) is 4.00. The van der Waals surface area contributed by atoms with E-state index < -0.39 is 10.2 Å². The van der Waals surface area contributed by atoms with Crippen LogP contribution in [-0.4, -0.2) is 36.2 Å². The quantitative estimate of drug-likeness (QED) is 0.569. The third kappa shape index (κ3) is 2.17. The maximum atomic E-state index is 2.66. The first-order valence-electron chi connectivity index (χ1n) is 4.04. The lowest BCUT2D eigenvalue weighted by Crippen LogP contribution is -2.31. The van der Waals surface area contributed by atoms with Gasteiger partial charge in [-0.05, 0) is 31.6 Å². The van der Waals surface area contributed by atoms with Crippen molar-refractivity contribution in [2.45, 2.75) is 19.3 Å². The van der Waals surface area contributed by atoms with Crippen LogP contribution in [0.2, 0.25) is 0 Å². The minimum Gasteiger partial charge on any atom is -0.268 e. The molecule has 0 aliphatic carbocycles. The van der Waals surface area contributed by atoms with E-state index in [1.807, 2.05) is 0 Å². The van der Waals surface area contributed by atoms with Crippen LogP contribution in [-0.2, 0) is 0 Å². The van der Waals surface area contributed by atoms with Gasteiger partial charge in [-0.1, -0.05) is 6.42 Å². The lowest BCUT2D eigenvalue weighted by Gasteiger charge is -2.42. The Balaban J connectivity index is 2.39. The van der Waals surface area contributed by atoms with E-state index in [0.29, 0.717) is 0 Å². The maximum Gasteiger partial charge on any atom is 0.00738 e. The lowest BCUT2D eigenvalue weighted by atomic mass is 10.2. The molecule has 0 unspecified atom stereocenters. The van der Waals surface area contributed by atoms with E-state index >= 15 is 0 Å². The van der Waals surface area contributed by atoms with Crippen LogP contribution in [0.25, 0.3) is 0 Å². The van der Waals surface area contributed by atoms with Gasteiger partial charge in [0.1, 0.15) is 0 Å². The second kappa shape index (κ2) is 3.14. The molecule has 0 atom stereocenters. The highest BCUT2D eigenvalue weighted by Crippen LogP contribution is 2.41. The minimum atomic E-state index is -0.393. The molecule has 1 rings (SSSR count). The number of rotatable bonds is 1. The highest BCUT2D eigenvalue weighted by atomic mass is 32.3. The van der Waals surface area contributed by atoms with Gasteiger partial charge in [-0.25, -0.2) is 0 Å². The Morgan fingerprint density at radius 3 is 1.70 bits per heavy atom. The number of piperidine rings is 1. The van der Waals surface area contributed by atoms with Crippen LogP contribution >= 0.6 is 10.2 Å². The van der Waals surface area contributed by atoms with E-state index in [1.165, 1.54) is 32.4 Å². The van der Waals surface area contributed by atoms with E-state index in [-0.39, 0.29) is 0 Å². The van der Waals surface area contributed by atoms with E-state index in [9.17, 15) is 0 Å². The fraction of sp³-hybridized carbons (Fsp3) is 1.00. The molecule has 1 saturated heterocycles. The van der Waals surface area contributed by atoms with Crippen molar-refractivity contribution in [3.05, 3.63) is 0 Å². The van der Waals surface area contributed by atoms with Crippen molar-refractivity contribution >= 4 is 10.2 Å². The first-order chi connectivity index (χ1) is 4.61. The molecule has 0 aromatic heterocycles. The molecule has 1 aliphatic rings. The van der Waals surface area contributed by atoms with Gasteiger partial charge >= 0.3 is 0 Å². The monoisotopic (exact) mass is 161 g/mol. The van der Waals surface area contributed by atoms with Gasteiger partial charge in [0.15, 0.2) is 0 Å². The molecule has 0 aromatic carbocycles. The molecule has 0 saturated carbocycles. The predicted molar refractivity (Wildman–Crippen MR) is 50.8 cm³/mol. The lowest BCUT2D eigenvalue weighted by molar-refractivity contribution is 0.374. The summed E-state index contributed by atoms with van der Waals surface area (Å²) in [5, 5.41) is 0. The van der Waals surface area contributed by atoms with Crippen LogP contribution in [0, 0.1) is 0 Å². The molecule has 1 heterocycles. The average molecular weight is 161 g/mol. The molecule has 1 nitrogen and oxygen atoms in total. The Morgan fingerprint density at radius 1 is 0.900 bits per heavy atom. The van der Waals surface area contributed by atoms with Gasteiger partial charge in [-0.2, -0.15) is 10.2 Å². The molecule has 2 heteroatoms. The molecule has 10 heavy (non-hydrogen) atoms. The Hall–Kier alpha value is 0.310. The van der Waals surface area contributed by atoms with Gasteiger partial charge < -0.3 is 0 Å². The summed E-state index contributed by atoms with van der Waals surface area (Å²) >= 11 is 0. The van der Waals surface area contributed by atoms with E-state index in [2.05, 4.69) is 23.1 Å². The van der Waals surface area contributed by atoms with Crippen LogP contribution < -0.4 is 0 Å². The summed E-state index contributed by atoms with van der Waals surface area (Å²) in [6.07, 6.45) is 11.5. The van der Waals surface area contributed by atoms with Gasteiger partial charge in [0.2, 0.25) is 0 Å². The zero-order valence-corrected chi connectivity index (χ0v) is 8.21. The highest BCUT2D eigenvalue weighted by Gasteiger charge is 2.17. The molecular weight excluding hydrogens is 142 g/mol. The van der Waals surface area contributed by atoms with Crippen molar-refractivity contribution in [3.63, 3.8) is 0 Å². The normalized spacial score (nSPS) is 24.7. The summed E-state index contributed by atoms with van der Waals surface area (Å²) in [4.78, 5) is 0. The van der Waals surface area contributed by atoms with Crippen LogP contribution in [0.1, 0.15) is 19.3 Å². The Bertz CT molecular complexity index is 100. The molecule has 0 radical (unpaired) electrons. The molecule has 1 fully saturated rings. The molecule has 62 valence electrons. The van der Waals surface area contributed by atoms with Gasteiger partial charge in [0.25, 0.3) is 0 Å². The topological polar surface area (TPSA) is 3.24 Å². The largest absolute Gasteiger partial charge is 0.268 e. The van der Waals surface area contributed by atoms with Crippen LogP contribution in [0.3, 0.4) is 0 Å². The zero-order valence-electron chi connectivity index (χ0n) is 7.39. The Morgan fingerprint density at radius 2 is 1.40 bits per heavy atom. The van der Waals surface area contributed by atoms with Crippen LogP contribution in [0.5, 0.6) is 0 Å². The number of hydrogen-bond donors (Lipinski definition) is 0. The molecule has 0 bridgehead atoms. The average Bonchev–Trinajstić information content (AvgIpc) is 1.88. The Labute approximate surface area is 66.2 Å². The summed E-state index contributed by atoms with van der Waals surface area (Å²) in [6, 6.07) is 0. The predicted octanol–water partition coefficient (Wildman–Crippen LogP) is 2.08. The fourth-order valence-electron chi connectivity index (χ4n) is 1.41. The first kappa shape index (κ1) is 8.41. The van der Waals surface area contributed by atoms with Gasteiger partial charge in [0, 0.05) is 13.1 Å². The molecular formula is C8H19NS. The molecule has 0 spiro atoms. The van der Waals surface area contributed by atoms with Gasteiger partial charge in [-0.15, -0.1) is 0 Å². The third-order valence-electron chi connectivity index (χ3n) is 2.09. The number of nitrogens with zero attached hydrogens (tertiary/aromatic N) is 1. The minimum absolute atomic E-state index is 0.393. The van der Waals surface area contributed by atoms with Gasteiger partial charge in [-0.3, -0.25) is 4.31 Å². The zero-order chi connectivity index (χ0) is 7.61. The highest BCUT2D eigenvalue weighted by molar-refractivity contribution is 8.30. The van der Waals surface area contributed by atoms with Crippen molar-refractivity contribution in [1.29, 1.82) is 0 Å². The van der Waals surface area contributed by atoms with Crippen LogP contribution in [0.15, 0.2) is 0 Å². The molecule has 0 N–H and O–H groups in total. The van der Waals surface area contributed by atoms with Crippen molar-refractivity contribution in [2.24, 2.45) is 0 Å². The molecule has 0 amide bonds. The second-order valence-electron chi connectivity index (χ2n) is 3.76. The first-order valence-corrected chi connectivity index (χ1v) is 6.85. The van der Waals surface area contributed by atoms with Crippen molar-refractivity contribution in [3.8, 4) is 0 Å². The second-order valence-corrected chi connectivity index (χ2v) is 7.82. The van der Waals surface area contributed by atoms with Crippen molar-refractivity contribution in [1.82, 2.24) is 4.31 Å². The Kier molecular flexibility index (Phi) is 2.64. The smallest absolute Gasteiger partial charge is 0.00738 e. The van der Waals surface area contributed by atoms with E-state index in [1.54, 1.807) is 0 Å². The maximum absolute atomic E-state index is 2.66. The van der Waals surface area contributed by atoms with E-state index in [4.69, 9.17) is 0 Å². The number of hydrogen-bond acceptors (Lipinski definition) is 1. The van der Waals surface area contributed by atoms with Crippen molar-refractivity contribution < 1.29 is 0 Å². The van der Waals surface area contributed by atoms with E-state index in [0.717, 1.165) is 0 Å². The summed E-state index contributed by atoms with van der Waals surface area (Å²) < 4.78 is 2.66. The van der Waals surface area contributed by atoms with Crippen molar-refractivity contribution in [2.75, 3.05) is 31.9 Å². The summed E-state index contributed by atoms with van der Waals surface area (Å²) in [5.74, 6) is 0. The standard InChI is InChI=1S/C8H19NS/c1-10(2,3)9-7-5-4-6-8-9/h4-8H2,1-3H3. The molecule has 1 aliphatic heterocycles. The van der Waals surface area contributed by atoms with Gasteiger partial charge in [0.05, 0.1) is 0 Å². The SMILES string of the molecule is CS(C)(C)N1CCCCC1. The summed E-state index contributed by atoms with van der Waals surface area (Å²) in [6.45, 7) is 2.69. The molecule has 0 aromatic rings.